The minimum atomic E-state index is -3.63. The highest BCUT2D eigenvalue weighted by Crippen LogP contribution is 2.28. The van der Waals surface area contributed by atoms with Crippen molar-refractivity contribution in [2.75, 3.05) is 44.2 Å². The third kappa shape index (κ3) is 4.65. The molecule has 2 aliphatic heterocycles. The summed E-state index contributed by atoms with van der Waals surface area (Å²) in [5.74, 6) is -0.222. The third-order valence-electron chi connectivity index (χ3n) is 6.69. The summed E-state index contributed by atoms with van der Waals surface area (Å²) < 4.78 is 27.6. The van der Waals surface area contributed by atoms with Crippen LogP contribution in [-0.4, -0.2) is 62.8 Å². The number of benzene rings is 2. The number of hydrogen-bond acceptors (Lipinski definition) is 4. The van der Waals surface area contributed by atoms with Crippen LogP contribution < -0.4 is 4.90 Å². The fourth-order valence-corrected chi connectivity index (χ4v) is 6.27. The molecule has 6 nitrogen and oxygen atoms in total. The van der Waals surface area contributed by atoms with Gasteiger partial charge in [-0.15, -0.1) is 0 Å². The molecule has 8 heteroatoms. The molecule has 2 fully saturated rings. The number of carbonyl (C=O) groups excluding carboxylic acids is 1. The van der Waals surface area contributed by atoms with E-state index in [0.29, 0.717) is 31.1 Å². The number of piperazine rings is 1. The van der Waals surface area contributed by atoms with E-state index in [1.54, 1.807) is 12.1 Å². The number of carbonyl (C=O) groups is 1. The number of sulfonamides is 1. The van der Waals surface area contributed by atoms with Crippen LogP contribution in [0.25, 0.3) is 0 Å². The van der Waals surface area contributed by atoms with Crippen molar-refractivity contribution in [3.63, 3.8) is 0 Å². The van der Waals surface area contributed by atoms with Gasteiger partial charge in [-0.3, -0.25) is 4.79 Å². The highest BCUT2D eigenvalue weighted by molar-refractivity contribution is 7.89. The van der Waals surface area contributed by atoms with E-state index in [1.807, 2.05) is 4.90 Å². The fourth-order valence-electron chi connectivity index (χ4n) is 4.62. The predicted molar refractivity (Wildman–Crippen MR) is 128 cm³/mol. The molecular formula is C24H30ClN3O3S. The van der Waals surface area contributed by atoms with Crippen LogP contribution in [0.15, 0.2) is 47.4 Å². The Morgan fingerprint density at radius 3 is 2.34 bits per heavy atom. The third-order valence-corrected chi connectivity index (χ3v) is 8.82. The van der Waals surface area contributed by atoms with Crippen LogP contribution in [0.2, 0.25) is 5.02 Å². The predicted octanol–water partition coefficient (Wildman–Crippen LogP) is 3.71. The molecule has 2 aromatic rings. The van der Waals surface area contributed by atoms with Gasteiger partial charge in [0.15, 0.2) is 0 Å². The van der Waals surface area contributed by atoms with Crippen molar-refractivity contribution in [3.05, 3.63) is 58.6 Å². The van der Waals surface area contributed by atoms with Gasteiger partial charge in [0.05, 0.1) is 10.8 Å². The maximum absolute atomic E-state index is 13.2. The number of aryl methyl sites for hydroxylation is 1. The van der Waals surface area contributed by atoms with Crippen LogP contribution in [0, 0.1) is 19.8 Å². The SMILES string of the molecule is Cc1cccc(N2CCN(C(=O)[C@@H]3CCCN(S(=O)(=O)c4ccc(Cl)cc4)C3)CC2)c1C. The first-order valence-corrected chi connectivity index (χ1v) is 12.9. The molecule has 0 radical (unpaired) electrons. The Bertz CT molecular complexity index is 1080. The molecule has 0 spiro atoms. The first kappa shape index (κ1) is 23.1. The first-order valence-electron chi connectivity index (χ1n) is 11.1. The van der Waals surface area contributed by atoms with Crippen molar-refractivity contribution in [2.24, 2.45) is 5.92 Å². The van der Waals surface area contributed by atoms with Crippen molar-refractivity contribution in [3.8, 4) is 0 Å². The second-order valence-corrected chi connectivity index (χ2v) is 11.1. The largest absolute Gasteiger partial charge is 0.368 e. The highest BCUT2D eigenvalue weighted by Gasteiger charge is 2.36. The van der Waals surface area contributed by atoms with Crippen molar-refractivity contribution in [1.82, 2.24) is 9.21 Å². The lowest BCUT2D eigenvalue weighted by atomic mass is 9.97. The van der Waals surface area contributed by atoms with Gasteiger partial charge >= 0.3 is 0 Å². The molecular weight excluding hydrogens is 446 g/mol. The number of anilines is 1. The topological polar surface area (TPSA) is 60.9 Å². The minimum absolute atomic E-state index is 0.0709. The lowest BCUT2D eigenvalue weighted by Gasteiger charge is -2.40. The number of halogens is 1. The van der Waals surface area contributed by atoms with E-state index in [-0.39, 0.29) is 23.3 Å². The zero-order valence-corrected chi connectivity index (χ0v) is 20.2. The molecule has 172 valence electrons. The summed E-state index contributed by atoms with van der Waals surface area (Å²) in [7, 11) is -3.63. The molecule has 2 saturated heterocycles. The van der Waals surface area contributed by atoms with Crippen LogP contribution >= 0.6 is 11.6 Å². The maximum Gasteiger partial charge on any atom is 0.243 e. The summed E-state index contributed by atoms with van der Waals surface area (Å²) in [4.78, 5) is 17.7. The van der Waals surface area contributed by atoms with Crippen LogP contribution in [-0.2, 0) is 14.8 Å². The van der Waals surface area contributed by atoms with Crippen molar-refractivity contribution < 1.29 is 13.2 Å². The van der Waals surface area contributed by atoms with Gasteiger partial charge in [0, 0.05) is 50.0 Å². The number of hydrogen-bond donors (Lipinski definition) is 0. The number of piperidine rings is 1. The van der Waals surface area contributed by atoms with Gasteiger partial charge in [-0.1, -0.05) is 23.7 Å². The molecule has 1 atom stereocenters. The van der Waals surface area contributed by atoms with Crippen LogP contribution in [0.4, 0.5) is 5.69 Å². The molecule has 0 N–H and O–H groups in total. The van der Waals surface area contributed by atoms with Gasteiger partial charge in [-0.25, -0.2) is 8.42 Å². The Labute approximate surface area is 195 Å². The van der Waals surface area contributed by atoms with E-state index in [2.05, 4.69) is 36.9 Å². The molecule has 2 aliphatic rings. The normalized spacial score (nSPS) is 20.4. The molecule has 0 saturated carbocycles. The Balaban J connectivity index is 1.40. The summed E-state index contributed by atoms with van der Waals surface area (Å²) in [6.07, 6.45) is 1.41. The summed E-state index contributed by atoms with van der Waals surface area (Å²) in [5.41, 5.74) is 3.78. The van der Waals surface area contributed by atoms with Crippen molar-refractivity contribution in [1.29, 1.82) is 0 Å². The van der Waals surface area contributed by atoms with Crippen LogP contribution in [0.1, 0.15) is 24.0 Å². The average molecular weight is 476 g/mol. The zero-order chi connectivity index (χ0) is 22.9. The summed E-state index contributed by atoms with van der Waals surface area (Å²) in [6.45, 7) is 7.83. The molecule has 32 heavy (non-hydrogen) atoms. The molecule has 2 heterocycles. The summed E-state index contributed by atoms with van der Waals surface area (Å²) in [5, 5.41) is 0.496. The second kappa shape index (κ2) is 9.41. The van der Waals surface area contributed by atoms with E-state index in [0.717, 1.165) is 19.5 Å². The van der Waals surface area contributed by atoms with Gasteiger partial charge in [0.2, 0.25) is 15.9 Å². The molecule has 4 rings (SSSR count). The fraction of sp³-hybridized carbons (Fsp3) is 0.458. The lowest BCUT2D eigenvalue weighted by molar-refractivity contribution is -0.137. The van der Waals surface area contributed by atoms with E-state index in [4.69, 9.17) is 11.6 Å². The average Bonchev–Trinajstić information content (AvgIpc) is 2.81. The monoisotopic (exact) mass is 475 g/mol. The first-order chi connectivity index (χ1) is 15.3. The van der Waals surface area contributed by atoms with Crippen molar-refractivity contribution in [2.45, 2.75) is 31.6 Å². The Kier molecular flexibility index (Phi) is 6.79. The molecule has 1 amide bonds. The second-order valence-electron chi connectivity index (χ2n) is 8.69. The Morgan fingerprint density at radius 2 is 1.66 bits per heavy atom. The smallest absolute Gasteiger partial charge is 0.243 e. The van der Waals surface area contributed by atoms with E-state index < -0.39 is 10.0 Å². The summed E-state index contributed by atoms with van der Waals surface area (Å²) >= 11 is 5.90. The van der Waals surface area contributed by atoms with Gasteiger partial charge in [-0.2, -0.15) is 4.31 Å². The number of rotatable bonds is 4. The quantitative estimate of drug-likeness (QED) is 0.676. The standard InChI is InChI=1S/C24H30ClN3O3S/c1-18-5-3-7-23(19(18)2)26-13-15-27(16-14-26)24(29)20-6-4-12-28(17-20)32(30,31)22-10-8-21(25)9-11-22/h3,5,7-11,20H,4,6,12-17H2,1-2H3/t20-/m1/s1. The van der Waals surface area contributed by atoms with Crippen LogP contribution in [0.3, 0.4) is 0 Å². The Hall–Kier alpha value is -2.09. The molecule has 0 aliphatic carbocycles. The van der Waals surface area contributed by atoms with Gasteiger partial charge in [0.1, 0.15) is 0 Å². The van der Waals surface area contributed by atoms with E-state index in [9.17, 15) is 13.2 Å². The molecule has 0 unspecified atom stereocenters. The van der Waals surface area contributed by atoms with E-state index in [1.165, 1.54) is 33.3 Å². The molecule has 0 bridgehead atoms. The Morgan fingerprint density at radius 1 is 0.969 bits per heavy atom. The maximum atomic E-state index is 13.2. The van der Waals surface area contributed by atoms with Gasteiger partial charge < -0.3 is 9.80 Å². The lowest BCUT2D eigenvalue weighted by Crippen LogP contribution is -2.53. The van der Waals surface area contributed by atoms with E-state index >= 15 is 0 Å². The van der Waals surface area contributed by atoms with Crippen molar-refractivity contribution >= 4 is 33.2 Å². The highest BCUT2D eigenvalue weighted by atomic mass is 35.5. The minimum Gasteiger partial charge on any atom is -0.368 e. The summed E-state index contributed by atoms with van der Waals surface area (Å²) in [6, 6.07) is 12.5. The van der Waals surface area contributed by atoms with Crippen LogP contribution in [0.5, 0.6) is 0 Å². The van der Waals surface area contributed by atoms with Gasteiger partial charge in [0.25, 0.3) is 0 Å². The molecule has 2 aromatic carbocycles. The molecule has 0 aromatic heterocycles. The zero-order valence-electron chi connectivity index (χ0n) is 18.6. The number of nitrogens with zero attached hydrogens (tertiary/aromatic N) is 3. The number of amides is 1. The van der Waals surface area contributed by atoms with Gasteiger partial charge in [-0.05, 0) is 68.1 Å².